The van der Waals surface area contributed by atoms with E-state index in [0.29, 0.717) is 0 Å². The highest BCUT2D eigenvalue weighted by Gasteiger charge is 2.20. The molecule has 0 radical (unpaired) electrons. The standard InChI is InChI=1S/C20H33N3O2.HI/c1-4-21-19(22-12-8-13-25-18-11-14-24-15-18)23-16-20(2,3)17-9-6-5-7-10-17;/h5-7,9-10,18H,4,8,11-16H2,1-3H3,(H2,21,22,23);1H. The third-order valence-electron chi connectivity index (χ3n) is 4.39. The van der Waals surface area contributed by atoms with Crippen LogP contribution in [0, 0.1) is 0 Å². The van der Waals surface area contributed by atoms with Crippen molar-refractivity contribution in [3.8, 4) is 0 Å². The van der Waals surface area contributed by atoms with Crippen molar-refractivity contribution in [2.45, 2.75) is 45.1 Å². The van der Waals surface area contributed by atoms with E-state index in [0.717, 1.165) is 58.3 Å². The molecule has 1 heterocycles. The van der Waals surface area contributed by atoms with Crippen LogP contribution in [0.1, 0.15) is 39.2 Å². The molecule has 0 bridgehead atoms. The number of benzene rings is 1. The average molecular weight is 475 g/mol. The molecule has 0 aliphatic carbocycles. The summed E-state index contributed by atoms with van der Waals surface area (Å²) in [5, 5.41) is 6.71. The van der Waals surface area contributed by atoms with Crippen LogP contribution in [0.15, 0.2) is 35.3 Å². The minimum atomic E-state index is 0. The van der Waals surface area contributed by atoms with E-state index >= 15 is 0 Å². The molecule has 1 aliphatic rings. The second-order valence-electron chi connectivity index (χ2n) is 7.08. The fourth-order valence-electron chi connectivity index (χ4n) is 2.77. The van der Waals surface area contributed by atoms with Gasteiger partial charge < -0.3 is 20.1 Å². The Morgan fingerprint density at radius 3 is 2.69 bits per heavy atom. The maximum absolute atomic E-state index is 5.79. The Balaban J connectivity index is 0.00000338. The number of rotatable bonds is 9. The van der Waals surface area contributed by atoms with Gasteiger partial charge in [-0.2, -0.15) is 0 Å². The van der Waals surface area contributed by atoms with Gasteiger partial charge in [-0.1, -0.05) is 44.2 Å². The van der Waals surface area contributed by atoms with Crippen molar-refractivity contribution in [2.24, 2.45) is 4.99 Å². The molecule has 1 aliphatic heterocycles. The van der Waals surface area contributed by atoms with Crippen LogP contribution >= 0.6 is 24.0 Å². The van der Waals surface area contributed by atoms with Gasteiger partial charge in [-0.05, 0) is 25.3 Å². The Labute approximate surface area is 175 Å². The molecule has 6 heteroatoms. The van der Waals surface area contributed by atoms with E-state index in [1.54, 1.807) is 0 Å². The monoisotopic (exact) mass is 475 g/mol. The lowest BCUT2D eigenvalue weighted by atomic mass is 9.85. The first kappa shape index (κ1) is 23.2. The smallest absolute Gasteiger partial charge is 0.191 e. The predicted molar refractivity (Wildman–Crippen MR) is 119 cm³/mol. The van der Waals surface area contributed by atoms with Gasteiger partial charge in [-0.15, -0.1) is 24.0 Å². The second-order valence-corrected chi connectivity index (χ2v) is 7.08. The fourth-order valence-corrected chi connectivity index (χ4v) is 2.77. The van der Waals surface area contributed by atoms with Crippen molar-refractivity contribution in [3.05, 3.63) is 35.9 Å². The average Bonchev–Trinajstić information content (AvgIpc) is 3.13. The molecule has 1 atom stereocenters. The van der Waals surface area contributed by atoms with E-state index < -0.39 is 0 Å². The van der Waals surface area contributed by atoms with Gasteiger partial charge in [0, 0.05) is 31.7 Å². The van der Waals surface area contributed by atoms with Crippen molar-refractivity contribution in [2.75, 3.05) is 39.5 Å². The highest BCUT2D eigenvalue weighted by Crippen LogP contribution is 2.22. The van der Waals surface area contributed by atoms with E-state index in [4.69, 9.17) is 14.5 Å². The Morgan fingerprint density at radius 1 is 1.27 bits per heavy atom. The van der Waals surface area contributed by atoms with Gasteiger partial charge in [-0.25, -0.2) is 0 Å². The number of guanidine groups is 1. The molecule has 2 N–H and O–H groups in total. The van der Waals surface area contributed by atoms with Crippen LogP contribution in [-0.2, 0) is 14.9 Å². The van der Waals surface area contributed by atoms with Gasteiger partial charge in [0.2, 0.25) is 0 Å². The highest BCUT2D eigenvalue weighted by molar-refractivity contribution is 14.0. The predicted octanol–water partition coefficient (Wildman–Crippen LogP) is 3.33. The van der Waals surface area contributed by atoms with E-state index in [2.05, 4.69) is 55.7 Å². The number of nitrogens with zero attached hydrogens (tertiary/aromatic N) is 1. The summed E-state index contributed by atoms with van der Waals surface area (Å²) in [7, 11) is 0. The molecule has 1 aromatic carbocycles. The van der Waals surface area contributed by atoms with Gasteiger partial charge >= 0.3 is 0 Å². The number of hydrogen-bond acceptors (Lipinski definition) is 3. The first-order chi connectivity index (χ1) is 12.1. The summed E-state index contributed by atoms with van der Waals surface area (Å²) >= 11 is 0. The zero-order chi connectivity index (χ0) is 18.0. The van der Waals surface area contributed by atoms with E-state index in [1.165, 1.54) is 5.56 Å². The Morgan fingerprint density at radius 2 is 2.04 bits per heavy atom. The summed E-state index contributed by atoms with van der Waals surface area (Å²) in [6.45, 7) is 11.3. The Hall–Kier alpha value is -0.860. The topological polar surface area (TPSA) is 54.9 Å². The number of aliphatic imine (C=N–C) groups is 1. The third-order valence-corrected chi connectivity index (χ3v) is 4.39. The normalized spacial score (nSPS) is 17.7. The second kappa shape index (κ2) is 12.5. The third kappa shape index (κ3) is 8.22. The quantitative estimate of drug-likeness (QED) is 0.249. The van der Waals surface area contributed by atoms with Crippen LogP contribution in [0.2, 0.25) is 0 Å². The summed E-state index contributed by atoms with van der Waals surface area (Å²) in [5.74, 6) is 0.871. The number of nitrogens with one attached hydrogen (secondary N) is 2. The SMILES string of the molecule is CCNC(=NCC(C)(C)c1ccccc1)NCCCOC1CCOC1.I. The van der Waals surface area contributed by atoms with Crippen molar-refractivity contribution in [1.82, 2.24) is 10.6 Å². The first-order valence-electron chi connectivity index (χ1n) is 9.39. The molecular formula is C20H34IN3O2. The maximum Gasteiger partial charge on any atom is 0.191 e. The van der Waals surface area contributed by atoms with E-state index in [1.807, 2.05) is 6.07 Å². The Bertz CT molecular complexity index is 517. The lowest BCUT2D eigenvalue weighted by Gasteiger charge is -2.24. The van der Waals surface area contributed by atoms with Crippen molar-refractivity contribution >= 4 is 29.9 Å². The zero-order valence-corrected chi connectivity index (χ0v) is 18.6. The van der Waals surface area contributed by atoms with Gasteiger partial charge in [0.25, 0.3) is 0 Å². The lowest BCUT2D eigenvalue weighted by Crippen LogP contribution is -2.39. The molecule has 5 nitrogen and oxygen atoms in total. The highest BCUT2D eigenvalue weighted by atomic mass is 127. The summed E-state index contributed by atoms with van der Waals surface area (Å²) in [6, 6.07) is 10.5. The van der Waals surface area contributed by atoms with Crippen molar-refractivity contribution in [1.29, 1.82) is 0 Å². The number of halogens is 1. The molecule has 148 valence electrons. The van der Waals surface area contributed by atoms with Crippen molar-refractivity contribution < 1.29 is 9.47 Å². The molecule has 0 spiro atoms. The summed E-state index contributed by atoms with van der Waals surface area (Å²) in [5.41, 5.74) is 1.32. The number of hydrogen-bond donors (Lipinski definition) is 2. The minimum absolute atomic E-state index is 0. The molecule has 1 fully saturated rings. The fraction of sp³-hybridized carbons (Fsp3) is 0.650. The van der Waals surface area contributed by atoms with Crippen LogP contribution in [0.5, 0.6) is 0 Å². The molecule has 1 saturated heterocycles. The minimum Gasteiger partial charge on any atom is -0.379 e. The van der Waals surface area contributed by atoms with Gasteiger partial charge in [0.15, 0.2) is 5.96 Å². The Kier molecular flexibility index (Phi) is 11.2. The van der Waals surface area contributed by atoms with Crippen LogP contribution in [0.3, 0.4) is 0 Å². The molecule has 1 aromatic rings. The van der Waals surface area contributed by atoms with Crippen LogP contribution in [0.4, 0.5) is 0 Å². The van der Waals surface area contributed by atoms with Gasteiger partial charge in [0.1, 0.15) is 0 Å². The van der Waals surface area contributed by atoms with E-state index in [-0.39, 0.29) is 35.5 Å². The van der Waals surface area contributed by atoms with Crippen LogP contribution in [0.25, 0.3) is 0 Å². The molecule has 0 aromatic heterocycles. The maximum atomic E-state index is 5.79. The molecule has 0 saturated carbocycles. The molecule has 1 unspecified atom stereocenters. The van der Waals surface area contributed by atoms with Gasteiger partial charge in [-0.3, -0.25) is 4.99 Å². The number of ether oxygens (including phenoxy) is 2. The largest absolute Gasteiger partial charge is 0.379 e. The van der Waals surface area contributed by atoms with Crippen molar-refractivity contribution in [3.63, 3.8) is 0 Å². The summed E-state index contributed by atoms with van der Waals surface area (Å²) < 4.78 is 11.1. The van der Waals surface area contributed by atoms with Crippen LogP contribution in [-0.4, -0.2) is 51.5 Å². The van der Waals surface area contributed by atoms with E-state index in [9.17, 15) is 0 Å². The molecule has 26 heavy (non-hydrogen) atoms. The van der Waals surface area contributed by atoms with Gasteiger partial charge in [0.05, 0.1) is 19.3 Å². The molecule has 0 amide bonds. The lowest BCUT2D eigenvalue weighted by molar-refractivity contribution is 0.0420. The first-order valence-corrected chi connectivity index (χ1v) is 9.39. The molecular weight excluding hydrogens is 441 g/mol. The molecule has 2 rings (SSSR count). The summed E-state index contributed by atoms with van der Waals surface area (Å²) in [4.78, 5) is 4.77. The zero-order valence-electron chi connectivity index (χ0n) is 16.3. The summed E-state index contributed by atoms with van der Waals surface area (Å²) in [6.07, 6.45) is 2.27. The van der Waals surface area contributed by atoms with Crippen LogP contribution < -0.4 is 10.6 Å².